The Bertz CT molecular complexity index is 590. The normalized spacial score (nSPS) is 25.9. The van der Waals surface area contributed by atoms with Crippen molar-refractivity contribution in [3.05, 3.63) is 29.8 Å². The lowest BCUT2D eigenvalue weighted by Crippen LogP contribution is -2.53. The van der Waals surface area contributed by atoms with Crippen LogP contribution in [-0.2, 0) is 4.74 Å². The van der Waals surface area contributed by atoms with E-state index in [1.54, 1.807) is 24.3 Å². The Morgan fingerprint density at radius 1 is 1.29 bits per heavy atom. The highest BCUT2D eigenvalue weighted by atomic mass is 16.5. The summed E-state index contributed by atoms with van der Waals surface area (Å²) in [7, 11) is 0. The van der Waals surface area contributed by atoms with E-state index in [4.69, 9.17) is 4.74 Å². The SMILES string of the molecule is CC(C)N1CCOCC2(CCCN(C(=O)c3cccc(O)c3)C2)C1. The third kappa shape index (κ3) is 3.73. The summed E-state index contributed by atoms with van der Waals surface area (Å²) in [5.74, 6) is 0.140. The van der Waals surface area contributed by atoms with E-state index < -0.39 is 0 Å². The van der Waals surface area contributed by atoms with Crippen molar-refractivity contribution in [2.24, 2.45) is 5.41 Å². The predicted molar refractivity (Wildman–Crippen MR) is 93.2 cm³/mol. The summed E-state index contributed by atoms with van der Waals surface area (Å²) in [5.41, 5.74) is 0.577. The lowest BCUT2D eigenvalue weighted by Gasteiger charge is -2.44. The van der Waals surface area contributed by atoms with Gasteiger partial charge in [-0.05, 0) is 44.9 Å². The van der Waals surface area contributed by atoms with E-state index in [2.05, 4.69) is 18.7 Å². The molecule has 0 aromatic heterocycles. The molecule has 1 amide bonds. The van der Waals surface area contributed by atoms with Gasteiger partial charge in [0.15, 0.2) is 0 Å². The van der Waals surface area contributed by atoms with Crippen LogP contribution in [0.5, 0.6) is 5.75 Å². The number of carbonyl (C=O) groups is 1. The molecule has 2 saturated heterocycles. The highest BCUT2D eigenvalue weighted by Crippen LogP contribution is 2.34. The summed E-state index contributed by atoms with van der Waals surface area (Å²) < 4.78 is 5.90. The molecule has 2 aliphatic heterocycles. The fourth-order valence-electron chi connectivity index (χ4n) is 3.92. The number of nitrogens with zero attached hydrogens (tertiary/aromatic N) is 2. The maximum absolute atomic E-state index is 12.8. The smallest absolute Gasteiger partial charge is 0.254 e. The molecule has 0 bridgehead atoms. The molecule has 132 valence electrons. The van der Waals surface area contributed by atoms with E-state index in [0.29, 0.717) is 11.6 Å². The van der Waals surface area contributed by atoms with Gasteiger partial charge in [0, 0.05) is 43.2 Å². The van der Waals surface area contributed by atoms with Crippen molar-refractivity contribution in [1.29, 1.82) is 0 Å². The van der Waals surface area contributed by atoms with Gasteiger partial charge in [-0.1, -0.05) is 6.07 Å². The average molecular weight is 332 g/mol. The Kier molecular flexibility index (Phi) is 5.11. The highest BCUT2D eigenvalue weighted by Gasteiger charge is 2.40. The molecular weight excluding hydrogens is 304 g/mol. The number of piperidine rings is 1. The molecule has 2 aliphatic rings. The number of phenols is 1. The number of amides is 1. The minimum atomic E-state index is 0.00492. The van der Waals surface area contributed by atoms with Crippen molar-refractivity contribution in [1.82, 2.24) is 9.80 Å². The van der Waals surface area contributed by atoms with Gasteiger partial charge in [-0.25, -0.2) is 0 Å². The Hall–Kier alpha value is -1.59. The first-order valence-corrected chi connectivity index (χ1v) is 8.89. The van der Waals surface area contributed by atoms with Gasteiger partial charge in [0.05, 0.1) is 13.2 Å². The van der Waals surface area contributed by atoms with Gasteiger partial charge in [0.25, 0.3) is 5.91 Å². The lowest BCUT2D eigenvalue weighted by atomic mass is 9.79. The molecule has 0 radical (unpaired) electrons. The van der Waals surface area contributed by atoms with E-state index in [1.807, 2.05) is 4.90 Å². The fourth-order valence-corrected chi connectivity index (χ4v) is 3.92. The van der Waals surface area contributed by atoms with Crippen molar-refractivity contribution < 1.29 is 14.6 Å². The molecule has 1 unspecified atom stereocenters. The molecule has 24 heavy (non-hydrogen) atoms. The number of hydrogen-bond acceptors (Lipinski definition) is 4. The monoisotopic (exact) mass is 332 g/mol. The van der Waals surface area contributed by atoms with Gasteiger partial charge in [-0.15, -0.1) is 0 Å². The third-order valence-corrected chi connectivity index (χ3v) is 5.24. The van der Waals surface area contributed by atoms with Crippen LogP contribution in [0.3, 0.4) is 0 Å². The van der Waals surface area contributed by atoms with Crippen LogP contribution in [0.2, 0.25) is 0 Å². The molecule has 3 rings (SSSR count). The molecule has 5 nitrogen and oxygen atoms in total. The molecule has 1 spiro atoms. The maximum Gasteiger partial charge on any atom is 0.254 e. The maximum atomic E-state index is 12.8. The summed E-state index contributed by atoms with van der Waals surface area (Å²) >= 11 is 0. The second-order valence-electron chi connectivity index (χ2n) is 7.50. The molecular formula is C19H28N2O3. The Morgan fingerprint density at radius 2 is 2.12 bits per heavy atom. The van der Waals surface area contributed by atoms with Gasteiger partial charge in [-0.3, -0.25) is 9.69 Å². The third-order valence-electron chi connectivity index (χ3n) is 5.24. The number of likely N-dealkylation sites (tertiary alicyclic amines) is 1. The molecule has 1 N–H and O–H groups in total. The van der Waals surface area contributed by atoms with Crippen LogP contribution < -0.4 is 0 Å². The topological polar surface area (TPSA) is 53.0 Å². The molecule has 0 aliphatic carbocycles. The summed E-state index contributed by atoms with van der Waals surface area (Å²) in [5, 5.41) is 9.64. The molecule has 1 atom stereocenters. The largest absolute Gasteiger partial charge is 0.508 e. The minimum Gasteiger partial charge on any atom is -0.508 e. The zero-order valence-corrected chi connectivity index (χ0v) is 14.7. The number of benzene rings is 1. The van der Waals surface area contributed by atoms with Crippen LogP contribution >= 0.6 is 0 Å². The number of carbonyl (C=O) groups excluding carboxylic acids is 1. The van der Waals surface area contributed by atoms with Crippen molar-refractivity contribution in [3.8, 4) is 5.75 Å². The van der Waals surface area contributed by atoms with E-state index >= 15 is 0 Å². The second kappa shape index (κ2) is 7.11. The molecule has 1 aromatic carbocycles. The zero-order chi connectivity index (χ0) is 17.2. The lowest BCUT2D eigenvalue weighted by molar-refractivity contribution is 0.00571. The van der Waals surface area contributed by atoms with Crippen molar-refractivity contribution in [2.75, 3.05) is 39.4 Å². The first kappa shape index (κ1) is 17.2. The van der Waals surface area contributed by atoms with Gasteiger partial charge >= 0.3 is 0 Å². The van der Waals surface area contributed by atoms with E-state index in [9.17, 15) is 9.90 Å². The molecule has 2 fully saturated rings. The molecule has 1 aromatic rings. The number of phenolic OH excluding ortho intramolecular Hbond substituents is 1. The second-order valence-corrected chi connectivity index (χ2v) is 7.50. The molecule has 0 saturated carbocycles. The van der Waals surface area contributed by atoms with Crippen molar-refractivity contribution in [2.45, 2.75) is 32.7 Å². The van der Waals surface area contributed by atoms with Crippen LogP contribution in [0.4, 0.5) is 0 Å². The minimum absolute atomic E-state index is 0.00492. The van der Waals surface area contributed by atoms with Crippen LogP contribution in [0.1, 0.15) is 37.0 Å². The quantitative estimate of drug-likeness (QED) is 0.903. The fraction of sp³-hybridized carbons (Fsp3) is 0.632. The van der Waals surface area contributed by atoms with Crippen LogP contribution in [0.25, 0.3) is 0 Å². The van der Waals surface area contributed by atoms with E-state index in [-0.39, 0.29) is 17.1 Å². The molecule has 5 heteroatoms. The first-order valence-electron chi connectivity index (χ1n) is 8.89. The summed E-state index contributed by atoms with van der Waals surface area (Å²) in [6.45, 7) is 9.37. The Labute approximate surface area is 144 Å². The summed E-state index contributed by atoms with van der Waals surface area (Å²) in [4.78, 5) is 17.2. The number of rotatable bonds is 2. The summed E-state index contributed by atoms with van der Waals surface area (Å²) in [6, 6.07) is 7.12. The Morgan fingerprint density at radius 3 is 2.88 bits per heavy atom. The van der Waals surface area contributed by atoms with E-state index in [0.717, 1.165) is 52.2 Å². The van der Waals surface area contributed by atoms with Crippen molar-refractivity contribution in [3.63, 3.8) is 0 Å². The van der Waals surface area contributed by atoms with E-state index in [1.165, 1.54) is 0 Å². The molecule has 2 heterocycles. The first-order chi connectivity index (χ1) is 11.5. The average Bonchev–Trinajstić information content (AvgIpc) is 2.77. The van der Waals surface area contributed by atoms with Gasteiger partial charge in [0.1, 0.15) is 5.75 Å². The standard InChI is InChI=1S/C19H28N2O3/c1-15(2)20-9-10-24-14-19(12-20)7-4-8-21(13-19)18(23)16-5-3-6-17(22)11-16/h3,5-6,11,15,22H,4,7-10,12-14H2,1-2H3. The predicted octanol–water partition coefficient (Wildman–Crippen LogP) is 2.36. The van der Waals surface area contributed by atoms with Crippen LogP contribution in [0, 0.1) is 5.41 Å². The van der Waals surface area contributed by atoms with Crippen LogP contribution in [-0.4, -0.2) is 66.2 Å². The Balaban J connectivity index is 1.76. The van der Waals surface area contributed by atoms with Gasteiger partial charge < -0.3 is 14.7 Å². The van der Waals surface area contributed by atoms with Crippen molar-refractivity contribution >= 4 is 5.91 Å². The van der Waals surface area contributed by atoms with Gasteiger partial charge in [-0.2, -0.15) is 0 Å². The van der Waals surface area contributed by atoms with Crippen LogP contribution in [0.15, 0.2) is 24.3 Å². The highest BCUT2D eigenvalue weighted by molar-refractivity contribution is 5.94. The zero-order valence-electron chi connectivity index (χ0n) is 14.7. The summed E-state index contributed by atoms with van der Waals surface area (Å²) in [6.07, 6.45) is 2.10. The number of aromatic hydroxyl groups is 1. The number of ether oxygens (including phenoxy) is 1. The van der Waals surface area contributed by atoms with Gasteiger partial charge in [0.2, 0.25) is 0 Å². The number of hydrogen-bond donors (Lipinski definition) is 1.